The third kappa shape index (κ3) is 5.68. The molecule has 0 aromatic heterocycles. The second-order valence-corrected chi connectivity index (χ2v) is 7.34. The van der Waals surface area contributed by atoms with E-state index in [0.717, 1.165) is 12.1 Å². The zero-order valence-corrected chi connectivity index (χ0v) is 15.9. The first-order valence-corrected chi connectivity index (χ1v) is 9.94. The van der Waals surface area contributed by atoms with Crippen molar-refractivity contribution in [2.75, 3.05) is 10.6 Å². The number of anilines is 2. The van der Waals surface area contributed by atoms with Crippen LogP contribution in [0.1, 0.15) is 55.8 Å². The molecule has 0 spiro atoms. The van der Waals surface area contributed by atoms with Crippen LogP contribution in [-0.4, -0.2) is 11.8 Å². The lowest BCUT2D eigenvalue weighted by Crippen LogP contribution is -2.15. The molecule has 4 heteroatoms. The van der Waals surface area contributed by atoms with E-state index in [2.05, 4.69) is 17.6 Å². The Kier molecular flexibility index (Phi) is 6.64. The zero-order chi connectivity index (χ0) is 19.1. The summed E-state index contributed by atoms with van der Waals surface area (Å²) in [4.78, 5) is 24.5. The molecule has 1 aliphatic carbocycles. The summed E-state index contributed by atoms with van der Waals surface area (Å²) in [7, 11) is 0. The zero-order valence-electron chi connectivity index (χ0n) is 15.9. The summed E-state index contributed by atoms with van der Waals surface area (Å²) in [5.41, 5.74) is 2.10. The molecule has 0 unspecified atom stereocenters. The van der Waals surface area contributed by atoms with Gasteiger partial charge in [-0.2, -0.15) is 0 Å². The topological polar surface area (TPSA) is 58.2 Å². The lowest BCUT2D eigenvalue weighted by Gasteiger charge is -2.08. The number of rotatable bonds is 9. The van der Waals surface area contributed by atoms with Gasteiger partial charge in [0.1, 0.15) is 0 Å². The predicted molar refractivity (Wildman–Crippen MR) is 110 cm³/mol. The fourth-order valence-corrected chi connectivity index (χ4v) is 3.39. The molecule has 1 saturated carbocycles. The number of benzene rings is 2. The van der Waals surface area contributed by atoms with Gasteiger partial charge in [-0.1, -0.05) is 50.8 Å². The van der Waals surface area contributed by atoms with Gasteiger partial charge >= 0.3 is 0 Å². The van der Waals surface area contributed by atoms with Crippen LogP contribution < -0.4 is 10.6 Å². The van der Waals surface area contributed by atoms with Gasteiger partial charge in [0.05, 0.1) is 0 Å². The van der Waals surface area contributed by atoms with Crippen LogP contribution in [0, 0.1) is 11.8 Å². The number of unbranched alkanes of at least 4 members (excludes halogenated alkanes) is 3. The van der Waals surface area contributed by atoms with E-state index in [1.165, 1.54) is 32.1 Å². The van der Waals surface area contributed by atoms with E-state index in [1.807, 2.05) is 42.5 Å². The Labute approximate surface area is 161 Å². The lowest BCUT2D eigenvalue weighted by atomic mass is 10.1. The van der Waals surface area contributed by atoms with Gasteiger partial charge in [0.2, 0.25) is 5.91 Å². The standard InChI is InChI=1S/C23H28N2O2/c1-2-3-4-6-11-18-16-21(18)23(27)25-20-14-12-19(13-15-20)24-22(26)17-9-7-5-8-10-17/h5,7-10,12-15,18,21H,2-4,6,11,16H2,1H3,(H,24,26)(H,25,27)/t18-,21+/m0/s1. The predicted octanol–water partition coefficient (Wildman–Crippen LogP) is 5.48. The summed E-state index contributed by atoms with van der Waals surface area (Å²) in [6.07, 6.45) is 7.23. The van der Waals surface area contributed by atoms with Crippen LogP contribution in [0.4, 0.5) is 11.4 Å². The van der Waals surface area contributed by atoms with Crippen LogP contribution in [0.2, 0.25) is 0 Å². The maximum atomic E-state index is 12.3. The Hall–Kier alpha value is -2.62. The average molecular weight is 364 g/mol. The molecule has 0 saturated heterocycles. The Balaban J connectivity index is 1.44. The highest BCUT2D eigenvalue weighted by Crippen LogP contribution is 2.43. The number of hydrogen-bond donors (Lipinski definition) is 2. The average Bonchev–Trinajstić information content (AvgIpc) is 3.47. The molecule has 0 bridgehead atoms. The van der Waals surface area contributed by atoms with Crippen molar-refractivity contribution in [3.05, 3.63) is 60.2 Å². The third-order valence-electron chi connectivity index (χ3n) is 5.13. The smallest absolute Gasteiger partial charge is 0.255 e. The highest BCUT2D eigenvalue weighted by molar-refractivity contribution is 6.04. The molecule has 27 heavy (non-hydrogen) atoms. The Morgan fingerprint density at radius 1 is 0.889 bits per heavy atom. The van der Waals surface area contributed by atoms with Crippen molar-refractivity contribution >= 4 is 23.2 Å². The lowest BCUT2D eigenvalue weighted by molar-refractivity contribution is -0.117. The maximum Gasteiger partial charge on any atom is 0.255 e. The molecule has 2 aromatic rings. The van der Waals surface area contributed by atoms with Gasteiger partial charge in [0, 0.05) is 22.9 Å². The van der Waals surface area contributed by atoms with E-state index < -0.39 is 0 Å². The van der Waals surface area contributed by atoms with Crippen molar-refractivity contribution in [3.8, 4) is 0 Å². The summed E-state index contributed by atoms with van der Waals surface area (Å²) in [5, 5.41) is 5.86. The SMILES string of the molecule is CCCCCC[C@H]1C[C@H]1C(=O)Nc1ccc(NC(=O)c2ccccc2)cc1. The van der Waals surface area contributed by atoms with Gasteiger partial charge in [0.15, 0.2) is 0 Å². The molecule has 2 atom stereocenters. The number of carbonyl (C=O) groups excluding carboxylic acids is 2. The molecular formula is C23H28N2O2. The monoisotopic (exact) mass is 364 g/mol. The molecular weight excluding hydrogens is 336 g/mol. The van der Waals surface area contributed by atoms with Crippen molar-refractivity contribution in [2.24, 2.45) is 11.8 Å². The van der Waals surface area contributed by atoms with Crippen LogP contribution >= 0.6 is 0 Å². The van der Waals surface area contributed by atoms with E-state index in [9.17, 15) is 9.59 Å². The third-order valence-corrected chi connectivity index (χ3v) is 5.13. The van der Waals surface area contributed by atoms with Crippen LogP contribution in [0.25, 0.3) is 0 Å². The molecule has 1 aliphatic rings. The Morgan fingerprint density at radius 2 is 1.56 bits per heavy atom. The Morgan fingerprint density at radius 3 is 2.22 bits per heavy atom. The van der Waals surface area contributed by atoms with Gasteiger partial charge in [-0.05, 0) is 55.2 Å². The van der Waals surface area contributed by atoms with Crippen LogP contribution in [0.15, 0.2) is 54.6 Å². The first-order valence-electron chi connectivity index (χ1n) is 9.94. The van der Waals surface area contributed by atoms with Crippen molar-refractivity contribution in [1.82, 2.24) is 0 Å². The van der Waals surface area contributed by atoms with Gasteiger partial charge in [0.25, 0.3) is 5.91 Å². The van der Waals surface area contributed by atoms with Gasteiger partial charge in [-0.3, -0.25) is 9.59 Å². The van der Waals surface area contributed by atoms with Gasteiger partial charge in [-0.25, -0.2) is 0 Å². The van der Waals surface area contributed by atoms with Gasteiger partial charge < -0.3 is 10.6 Å². The summed E-state index contributed by atoms with van der Waals surface area (Å²) >= 11 is 0. The summed E-state index contributed by atoms with van der Waals surface area (Å²) < 4.78 is 0. The van der Waals surface area contributed by atoms with E-state index in [1.54, 1.807) is 12.1 Å². The molecule has 3 rings (SSSR count). The van der Waals surface area contributed by atoms with E-state index in [0.29, 0.717) is 17.2 Å². The second-order valence-electron chi connectivity index (χ2n) is 7.34. The first kappa shape index (κ1) is 19.2. The van der Waals surface area contributed by atoms with Gasteiger partial charge in [-0.15, -0.1) is 0 Å². The van der Waals surface area contributed by atoms with E-state index in [4.69, 9.17) is 0 Å². The molecule has 2 N–H and O–H groups in total. The number of carbonyl (C=O) groups is 2. The molecule has 0 heterocycles. The van der Waals surface area contributed by atoms with Crippen LogP contribution in [-0.2, 0) is 4.79 Å². The van der Waals surface area contributed by atoms with Crippen molar-refractivity contribution in [2.45, 2.75) is 45.4 Å². The largest absolute Gasteiger partial charge is 0.326 e. The number of hydrogen-bond acceptors (Lipinski definition) is 2. The molecule has 142 valence electrons. The highest BCUT2D eigenvalue weighted by atomic mass is 16.2. The van der Waals surface area contributed by atoms with Crippen molar-refractivity contribution in [3.63, 3.8) is 0 Å². The van der Waals surface area contributed by atoms with Crippen LogP contribution in [0.3, 0.4) is 0 Å². The number of amides is 2. The fourth-order valence-electron chi connectivity index (χ4n) is 3.39. The van der Waals surface area contributed by atoms with E-state index >= 15 is 0 Å². The number of nitrogens with one attached hydrogen (secondary N) is 2. The Bertz CT molecular complexity index is 756. The minimum Gasteiger partial charge on any atom is -0.326 e. The minimum absolute atomic E-state index is 0.122. The first-order chi connectivity index (χ1) is 13.2. The maximum absolute atomic E-state index is 12.3. The summed E-state index contributed by atoms with van der Waals surface area (Å²) in [6, 6.07) is 16.4. The normalized spacial score (nSPS) is 18.0. The molecule has 1 fully saturated rings. The van der Waals surface area contributed by atoms with Crippen molar-refractivity contribution < 1.29 is 9.59 Å². The second kappa shape index (κ2) is 9.36. The van der Waals surface area contributed by atoms with Crippen molar-refractivity contribution in [1.29, 1.82) is 0 Å². The van der Waals surface area contributed by atoms with Crippen LogP contribution in [0.5, 0.6) is 0 Å². The van der Waals surface area contributed by atoms with E-state index in [-0.39, 0.29) is 17.7 Å². The molecule has 0 aliphatic heterocycles. The quantitative estimate of drug-likeness (QED) is 0.579. The fraction of sp³-hybridized carbons (Fsp3) is 0.391. The molecule has 2 amide bonds. The summed E-state index contributed by atoms with van der Waals surface area (Å²) in [6.45, 7) is 2.21. The highest BCUT2D eigenvalue weighted by Gasteiger charge is 2.42. The molecule has 4 nitrogen and oxygen atoms in total. The molecule has 0 radical (unpaired) electrons. The molecule has 2 aromatic carbocycles. The minimum atomic E-state index is -0.142. The summed E-state index contributed by atoms with van der Waals surface area (Å²) in [5.74, 6) is 0.711.